The van der Waals surface area contributed by atoms with Crippen molar-refractivity contribution in [3.63, 3.8) is 0 Å². The first-order chi connectivity index (χ1) is 13.9. The van der Waals surface area contributed by atoms with Gasteiger partial charge >= 0.3 is 0 Å². The summed E-state index contributed by atoms with van der Waals surface area (Å²) in [6, 6.07) is 11.5. The molecule has 0 spiro atoms. The number of anilines is 2. The number of benzene rings is 2. The fourth-order valence-corrected chi connectivity index (χ4v) is 4.52. The molecule has 150 valence electrons. The summed E-state index contributed by atoms with van der Waals surface area (Å²) in [5.41, 5.74) is 3.11. The highest BCUT2D eigenvalue weighted by Crippen LogP contribution is 2.40. The van der Waals surface area contributed by atoms with Crippen molar-refractivity contribution in [2.75, 3.05) is 25.5 Å². The zero-order valence-electron chi connectivity index (χ0n) is 16.1. The van der Waals surface area contributed by atoms with Crippen LogP contribution in [-0.4, -0.2) is 25.1 Å². The molecule has 7 heteroatoms. The maximum absolute atomic E-state index is 11.8. The third-order valence-corrected chi connectivity index (χ3v) is 5.81. The molecule has 1 heterocycles. The van der Waals surface area contributed by atoms with Crippen molar-refractivity contribution in [2.24, 2.45) is 0 Å². The van der Waals surface area contributed by atoms with E-state index in [1.54, 1.807) is 13.0 Å². The Balaban J connectivity index is 1.63. The molecule has 0 aliphatic carbocycles. The van der Waals surface area contributed by atoms with Crippen LogP contribution in [0, 0.1) is 0 Å². The van der Waals surface area contributed by atoms with Crippen molar-refractivity contribution in [2.45, 2.75) is 19.4 Å². The molecule has 1 aliphatic rings. The van der Waals surface area contributed by atoms with Gasteiger partial charge in [0.2, 0.25) is 0 Å². The fourth-order valence-electron chi connectivity index (χ4n) is 3.88. The van der Waals surface area contributed by atoms with Crippen LogP contribution in [0.25, 0.3) is 0 Å². The van der Waals surface area contributed by atoms with E-state index in [0.717, 1.165) is 29.7 Å². The molecule has 0 radical (unpaired) electrons. The minimum absolute atomic E-state index is 0.0164. The Morgan fingerprint density at radius 2 is 1.86 bits per heavy atom. The molecule has 5 nitrogen and oxygen atoms in total. The SMILES string of the molecule is CCOc1c(Nc2ccc(C3c4c(Cl)cc(Cl)cc4CCN3C)cc2)c(=O)c1=O. The van der Waals surface area contributed by atoms with Crippen LogP contribution >= 0.6 is 23.2 Å². The van der Waals surface area contributed by atoms with Crippen LogP contribution in [0.1, 0.15) is 29.7 Å². The first-order valence-electron chi connectivity index (χ1n) is 9.41. The van der Waals surface area contributed by atoms with E-state index >= 15 is 0 Å². The quantitative estimate of drug-likeness (QED) is 0.611. The summed E-state index contributed by atoms with van der Waals surface area (Å²) in [5, 5.41) is 4.31. The number of likely N-dealkylation sites (N-methyl/N-ethyl adjacent to an activating group) is 1. The van der Waals surface area contributed by atoms with E-state index in [0.29, 0.717) is 22.3 Å². The molecule has 0 amide bonds. The molecular weight excluding hydrogens is 411 g/mol. The zero-order valence-corrected chi connectivity index (χ0v) is 17.6. The van der Waals surface area contributed by atoms with Gasteiger partial charge in [-0.05, 0) is 61.3 Å². The molecule has 0 bridgehead atoms. The zero-order chi connectivity index (χ0) is 20.7. The Labute approximate surface area is 178 Å². The summed E-state index contributed by atoms with van der Waals surface area (Å²) in [5.74, 6) is 0.103. The van der Waals surface area contributed by atoms with Gasteiger partial charge in [-0.2, -0.15) is 0 Å². The van der Waals surface area contributed by atoms with E-state index in [-0.39, 0.29) is 17.5 Å². The predicted octanol–water partition coefficient (Wildman–Crippen LogP) is 4.31. The van der Waals surface area contributed by atoms with Gasteiger partial charge in [0.15, 0.2) is 5.75 Å². The molecule has 4 rings (SSSR count). The lowest BCUT2D eigenvalue weighted by atomic mass is 9.88. The van der Waals surface area contributed by atoms with E-state index in [9.17, 15) is 9.59 Å². The van der Waals surface area contributed by atoms with Crippen LogP contribution in [0.5, 0.6) is 5.75 Å². The third kappa shape index (κ3) is 3.54. The smallest absolute Gasteiger partial charge is 0.272 e. The van der Waals surface area contributed by atoms with Gasteiger partial charge in [0.1, 0.15) is 5.69 Å². The summed E-state index contributed by atoms with van der Waals surface area (Å²) in [4.78, 5) is 25.7. The molecule has 1 aliphatic heterocycles. The predicted molar refractivity (Wildman–Crippen MR) is 117 cm³/mol. The van der Waals surface area contributed by atoms with Gasteiger partial charge < -0.3 is 10.1 Å². The van der Waals surface area contributed by atoms with Crippen molar-refractivity contribution in [3.8, 4) is 5.75 Å². The monoisotopic (exact) mass is 430 g/mol. The van der Waals surface area contributed by atoms with Gasteiger partial charge in [-0.3, -0.25) is 14.5 Å². The number of fused-ring (bicyclic) bond motifs is 1. The lowest BCUT2D eigenvalue weighted by Gasteiger charge is -2.36. The summed E-state index contributed by atoms with van der Waals surface area (Å²) >= 11 is 12.7. The number of nitrogens with zero attached hydrogens (tertiary/aromatic N) is 1. The molecule has 0 saturated carbocycles. The molecule has 1 unspecified atom stereocenters. The molecule has 0 fully saturated rings. The fraction of sp³-hybridized carbons (Fsp3) is 0.273. The minimum atomic E-state index is -0.584. The van der Waals surface area contributed by atoms with Gasteiger partial charge in [-0.15, -0.1) is 0 Å². The molecule has 3 aromatic rings. The van der Waals surface area contributed by atoms with Gasteiger partial charge in [0.25, 0.3) is 10.9 Å². The van der Waals surface area contributed by atoms with E-state index in [4.69, 9.17) is 27.9 Å². The van der Waals surface area contributed by atoms with E-state index in [1.165, 1.54) is 0 Å². The van der Waals surface area contributed by atoms with Gasteiger partial charge in [0.05, 0.1) is 12.6 Å². The second-order valence-electron chi connectivity index (χ2n) is 7.14. The molecule has 29 heavy (non-hydrogen) atoms. The largest absolute Gasteiger partial charge is 0.488 e. The van der Waals surface area contributed by atoms with E-state index in [1.807, 2.05) is 30.3 Å². The number of hydrogen-bond acceptors (Lipinski definition) is 5. The highest BCUT2D eigenvalue weighted by atomic mass is 35.5. The maximum Gasteiger partial charge on any atom is 0.272 e. The first kappa shape index (κ1) is 20.0. The number of halogens is 2. The average molecular weight is 431 g/mol. The number of rotatable bonds is 5. The second kappa shape index (κ2) is 7.82. The minimum Gasteiger partial charge on any atom is -0.488 e. The average Bonchev–Trinajstić information content (AvgIpc) is 2.71. The number of nitrogens with one attached hydrogen (secondary N) is 1. The molecular formula is C22H20Cl2N2O3. The standard InChI is InChI=1S/C22H20Cl2N2O3/c1-3-29-22-18(20(27)21(22)28)25-15-6-4-12(5-7-15)19-17-13(8-9-26(19)2)10-14(23)11-16(17)24/h4-7,10-11,19,25H,3,8-9H2,1-2H3. The van der Waals surface area contributed by atoms with Crippen LogP contribution in [0.3, 0.4) is 0 Å². The Morgan fingerprint density at radius 3 is 2.55 bits per heavy atom. The van der Waals surface area contributed by atoms with Crippen molar-refractivity contribution in [3.05, 3.63) is 83.6 Å². The van der Waals surface area contributed by atoms with Crippen LogP contribution in [0.15, 0.2) is 46.0 Å². The summed E-state index contributed by atoms with van der Waals surface area (Å²) in [7, 11) is 2.07. The summed E-state index contributed by atoms with van der Waals surface area (Å²) in [6.45, 7) is 3.00. The van der Waals surface area contributed by atoms with Crippen molar-refractivity contribution >= 4 is 34.6 Å². The Kier molecular flexibility index (Phi) is 5.38. The van der Waals surface area contributed by atoms with Gasteiger partial charge in [-0.25, -0.2) is 0 Å². The van der Waals surface area contributed by atoms with Crippen LogP contribution in [-0.2, 0) is 6.42 Å². The van der Waals surface area contributed by atoms with Crippen molar-refractivity contribution in [1.82, 2.24) is 4.90 Å². The summed E-state index contributed by atoms with van der Waals surface area (Å²) in [6.07, 6.45) is 0.896. The van der Waals surface area contributed by atoms with Gasteiger partial charge in [-0.1, -0.05) is 35.3 Å². The highest BCUT2D eigenvalue weighted by Gasteiger charge is 2.29. The lowest BCUT2D eigenvalue weighted by Crippen LogP contribution is -2.35. The van der Waals surface area contributed by atoms with Crippen LogP contribution < -0.4 is 20.9 Å². The molecule has 1 N–H and O–H groups in total. The number of hydrogen-bond donors (Lipinski definition) is 1. The van der Waals surface area contributed by atoms with Crippen molar-refractivity contribution in [1.29, 1.82) is 0 Å². The van der Waals surface area contributed by atoms with E-state index in [2.05, 4.69) is 17.3 Å². The Morgan fingerprint density at radius 1 is 1.14 bits per heavy atom. The highest BCUT2D eigenvalue weighted by molar-refractivity contribution is 6.35. The van der Waals surface area contributed by atoms with Gasteiger partial charge in [0, 0.05) is 22.3 Å². The number of ether oxygens (including phenoxy) is 1. The molecule has 0 aromatic heterocycles. The Bertz CT molecular complexity index is 1130. The maximum atomic E-state index is 11.8. The van der Waals surface area contributed by atoms with Crippen molar-refractivity contribution < 1.29 is 4.74 Å². The topological polar surface area (TPSA) is 58.6 Å². The Hall–Kier alpha value is -2.34. The lowest BCUT2D eigenvalue weighted by molar-refractivity contribution is 0.265. The normalized spacial score (nSPS) is 16.6. The third-order valence-electron chi connectivity index (χ3n) is 5.28. The molecule has 1 atom stereocenters. The summed E-state index contributed by atoms with van der Waals surface area (Å²) < 4.78 is 5.25. The molecule has 3 aromatic carbocycles. The van der Waals surface area contributed by atoms with E-state index < -0.39 is 10.9 Å². The first-order valence-corrected chi connectivity index (χ1v) is 10.2. The van der Waals surface area contributed by atoms with Crippen LogP contribution in [0.4, 0.5) is 11.4 Å². The molecule has 0 saturated heterocycles. The van der Waals surface area contributed by atoms with Crippen LogP contribution in [0.2, 0.25) is 10.0 Å². The second-order valence-corrected chi connectivity index (χ2v) is 7.98.